The van der Waals surface area contributed by atoms with Crippen LogP contribution in [0.1, 0.15) is 37.0 Å². The number of anilines is 2. The minimum absolute atomic E-state index is 0.0256. The van der Waals surface area contributed by atoms with Crippen molar-refractivity contribution in [1.82, 2.24) is 0 Å². The first-order valence-electron chi connectivity index (χ1n) is 9.87. The normalized spacial score (nSPS) is 15.0. The second-order valence-electron chi connectivity index (χ2n) is 6.61. The molecule has 0 radical (unpaired) electrons. The molecule has 1 saturated heterocycles. The summed E-state index contributed by atoms with van der Waals surface area (Å²) in [5.41, 5.74) is 0.291. The lowest BCUT2D eigenvalue weighted by molar-refractivity contribution is -0.146. The van der Waals surface area contributed by atoms with Gasteiger partial charge >= 0.3 is 11.9 Å². The predicted molar refractivity (Wildman–Crippen MR) is 106 cm³/mol. The minimum atomic E-state index is -1.01. The Hall–Kier alpha value is -2.39. The number of carbonyl (C=O) groups excluding carboxylic acids is 2. The van der Waals surface area contributed by atoms with Crippen LogP contribution in [0.4, 0.5) is 15.8 Å². The molecule has 8 nitrogen and oxygen atoms in total. The van der Waals surface area contributed by atoms with Gasteiger partial charge in [-0.1, -0.05) is 6.92 Å². The topological polar surface area (TPSA) is 97.3 Å². The number of hydrogen-bond acceptors (Lipinski definition) is 8. The average molecular weight is 412 g/mol. The Morgan fingerprint density at radius 2 is 2.00 bits per heavy atom. The number of rotatable bonds is 10. The fourth-order valence-corrected chi connectivity index (χ4v) is 2.92. The summed E-state index contributed by atoms with van der Waals surface area (Å²) in [6.45, 7) is 5.40. The summed E-state index contributed by atoms with van der Waals surface area (Å²) in [6.07, 6.45) is -0.0699. The standard InChI is InChI=1S/C20H29FN2O6/c1-3-5-17(25)29-13-14(24)12-22-15-6-7-16(23-8-10-27-11-9-23)19(21)18(15)20(26)28-4-2/h6-7,14,22,24H,3-5,8-13H2,1-2H3/t14-/m1/s1. The number of esters is 2. The van der Waals surface area contributed by atoms with Crippen molar-refractivity contribution in [2.75, 3.05) is 56.3 Å². The molecule has 2 rings (SSSR count). The Labute approximate surface area is 169 Å². The van der Waals surface area contributed by atoms with Crippen LogP contribution in [0.3, 0.4) is 0 Å². The molecular weight excluding hydrogens is 383 g/mol. The number of morpholine rings is 1. The van der Waals surface area contributed by atoms with Crippen LogP contribution in [0.15, 0.2) is 12.1 Å². The van der Waals surface area contributed by atoms with Gasteiger partial charge in [0.15, 0.2) is 5.82 Å². The van der Waals surface area contributed by atoms with Crippen molar-refractivity contribution in [1.29, 1.82) is 0 Å². The largest absolute Gasteiger partial charge is 0.463 e. The molecule has 0 aromatic heterocycles. The van der Waals surface area contributed by atoms with Crippen molar-refractivity contribution >= 4 is 23.3 Å². The number of nitrogens with zero attached hydrogens (tertiary/aromatic N) is 1. The molecule has 1 fully saturated rings. The van der Waals surface area contributed by atoms with E-state index in [9.17, 15) is 14.7 Å². The molecule has 0 bridgehead atoms. The summed E-state index contributed by atoms with van der Waals surface area (Å²) < 4.78 is 30.5. The van der Waals surface area contributed by atoms with Crippen molar-refractivity contribution in [2.24, 2.45) is 0 Å². The maximum Gasteiger partial charge on any atom is 0.343 e. The maximum atomic E-state index is 15.2. The molecule has 1 atom stereocenters. The van der Waals surface area contributed by atoms with Gasteiger partial charge in [-0.05, 0) is 25.5 Å². The number of aliphatic hydroxyl groups is 1. The molecule has 29 heavy (non-hydrogen) atoms. The van der Waals surface area contributed by atoms with Gasteiger partial charge in [-0.3, -0.25) is 4.79 Å². The molecule has 1 aliphatic heterocycles. The highest BCUT2D eigenvalue weighted by molar-refractivity contribution is 5.97. The molecule has 9 heteroatoms. The molecule has 1 aromatic carbocycles. The highest BCUT2D eigenvalue weighted by Crippen LogP contribution is 2.30. The number of hydrogen-bond donors (Lipinski definition) is 2. The summed E-state index contributed by atoms with van der Waals surface area (Å²) in [7, 11) is 0. The zero-order valence-electron chi connectivity index (χ0n) is 16.9. The molecule has 0 amide bonds. The number of nitrogens with one attached hydrogen (secondary N) is 1. The lowest BCUT2D eigenvalue weighted by Gasteiger charge is -2.30. The van der Waals surface area contributed by atoms with Gasteiger partial charge < -0.3 is 29.5 Å². The smallest absolute Gasteiger partial charge is 0.343 e. The summed E-state index contributed by atoms with van der Waals surface area (Å²) in [4.78, 5) is 25.6. The van der Waals surface area contributed by atoms with E-state index in [2.05, 4.69) is 5.32 Å². The average Bonchev–Trinajstić information content (AvgIpc) is 2.71. The molecule has 0 aliphatic carbocycles. The Balaban J connectivity index is 2.12. The van der Waals surface area contributed by atoms with E-state index in [-0.39, 0.29) is 43.4 Å². The Morgan fingerprint density at radius 3 is 2.66 bits per heavy atom. The lowest BCUT2D eigenvalue weighted by atomic mass is 10.1. The van der Waals surface area contributed by atoms with Gasteiger partial charge in [-0.2, -0.15) is 0 Å². The van der Waals surface area contributed by atoms with E-state index < -0.39 is 17.9 Å². The second kappa shape index (κ2) is 11.6. The zero-order valence-corrected chi connectivity index (χ0v) is 16.9. The van der Waals surface area contributed by atoms with Crippen molar-refractivity contribution in [2.45, 2.75) is 32.8 Å². The van der Waals surface area contributed by atoms with Crippen LogP contribution in [0, 0.1) is 5.82 Å². The van der Waals surface area contributed by atoms with E-state index in [0.29, 0.717) is 38.4 Å². The van der Waals surface area contributed by atoms with Gasteiger partial charge in [0.05, 0.1) is 31.2 Å². The monoisotopic (exact) mass is 412 g/mol. The minimum Gasteiger partial charge on any atom is -0.463 e. The van der Waals surface area contributed by atoms with E-state index >= 15 is 4.39 Å². The molecule has 2 N–H and O–H groups in total. The molecule has 1 aliphatic rings. The number of aliphatic hydroxyl groups excluding tert-OH is 1. The van der Waals surface area contributed by atoms with Crippen molar-refractivity contribution < 1.29 is 33.3 Å². The van der Waals surface area contributed by atoms with E-state index in [1.165, 1.54) is 0 Å². The maximum absolute atomic E-state index is 15.2. The Morgan fingerprint density at radius 1 is 1.28 bits per heavy atom. The van der Waals surface area contributed by atoms with Crippen LogP contribution in [-0.4, -0.2) is 69.2 Å². The van der Waals surface area contributed by atoms with Crippen LogP contribution in [0.2, 0.25) is 0 Å². The number of ether oxygens (including phenoxy) is 3. The Bertz CT molecular complexity index is 694. The van der Waals surface area contributed by atoms with E-state index in [1.54, 1.807) is 19.1 Å². The number of halogens is 1. The van der Waals surface area contributed by atoms with Crippen LogP contribution in [0.5, 0.6) is 0 Å². The van der Waals surface area contributed by atoms with E-state index in [4.69, 9.17) is 14.2 Å². The SMILES string of the molecule is CCCC(=O)OC[C@H](O)CNc1ccc(N2CCOCC2)c(F)c1C(=O)OCC. The zero-order chi connectivity index (χ0) is 21.2. The summed E-state index contributed by atoms with van der Waals surface area (Å²) >= 11 is 0. The van der Waals surface area contributed by atoms with Gasteiger partial charge in [-0.25, -0.2) is 9.18 Å². The third-order valence-corrected chi connectivity index (χ3v) is 4.37. The summed E-state index contributed by atoms with van der Waals surface area (Å²) in [6, 6.07) is 3.16. The fourth-order valence-electron chi connectivity index (χ4n) is 2.92. The second-order valence-corrected chi connectivity index (χ2v) is 6.61. The van der Waals surface area contributed by atoms with Crippen LogP contribution >= 0.6 is 0 Å². The first-order chi connectivity index (χ1) is 14.0. The highest BCUT2D eigenvalue weighted by atomic mass is 19.1. The van der Waals surface area contributed by atoms with Crippen molar-refractivity contribution in [3.8, 4) is 0 Å². The van der Waals surface area contributed by atoms with Crippen LogP contribution in [0.25, 0.3) is 0 Å². The lowest BCUT2D eigenvalue weighted by Crippen LogP contribution is -2.37. The highest BCUT2D eigenvalue weighted by Gasteiger charge is 2.25. The first-order valence-corrected chi connectivity index (χ1v) is 9.87. The van der Waals surface area contributed by atoms with Crippen molar-refractivity contribution in [3.63, 3.8) is 0 Å². The predicted octanol–water partition coefficient (Wildman–Crippen LogP) is 1.96. The molecule has 162 valence electrons. The first kappa shape index (κ1) is 22.9. The molecular formula is C20H29FN2O6. The van der Waals surface area contributed by atoms with E-state index in [0.717, 1.165) is 0 Å². The number of carbonyl (C=O) groups is 2. The van der Waals surface area contributed by atoms with Crippen LogP contribution in [-0.2, 0) is 19.0 Å². The summed E-state index contributed by atoms with van der Waals surface area (Å²) in [5.74, 6) is -1.86. The van der Waals surface area contributed by atoms with Gasteiger partial charge in [0.2, 0.25) is 0 Å². The number of benzene rings is 1. The molecule has 0 saturated carbocycles. The van der Waals surface area contributed by atoms with Gasteiger partial charge in [0, 0.05) is 26.1 Å². The van der Waals surface area contributed by atoms with Crippen LogP contribution < -0.4 is 10.2 Å². The van der Waals surface area contributed by atoms with Crippen molar-refractivity contribution in [3.05, 3.63) is 23.5 Å². The quantitative estimate of drug-likeness (QED) is 0.563. The van der Waals surface area contributed by atoms with Gasteiger partial charge in [-0.15, -0.1) is 0 Å². The molecule has 1 aromatic rings. The third-order valence-electron chi connectivity index (χ3n) is 4.37. The molecule has 0 spiro atoms. The third kappa shape index (κ3) is 6.57. The van der Waals surface area contributed by atoms with Gasteiger partial charge in [0.25, 0.3) is 0 Å². The fraction of sp³-hybridized carbons (Fsp3) is 0.600. The molecule has 0 unspecified atom stereocenters. The molecule has 1 heterocycles. The van der Waals surface area contributed by atoms with Gasteiger partial charge in [0.1, 0.15) is 18.3 Å². The Kier molecular flexibility index (Phi) is 9.14. The van der Waals surface area contributed by atoms with E-state index in [1.807, 2.05) is 11.8 Å². The summed E-state index contributed by atoms with van der Waals surface area (Å²) in [5, 5.41) is 12.9.